The summed E-state index contributed by atoms with van der Waals surface area (Å²) in [5.41, 5.74) is -1.12. The van der Waals surface area contributed by atoms with Crippen LogP contribution in [0, 0.1) is 11.8 Å². The molecule has 3 fully saturated rings. The molecule has 3 amide bonds. The minimum Gasteiger partial charge on any atom is -0.432 e. The second-order valence-electron chi connectivity index (χ2n) is 9.27. The van der Waals surface area contributed by atoms with E-state index in [1.807, 2.05) is 0 Å². The van der Waals surface area contributed by atoms with E-state index in [1.165, 1.54) is 12.1 Å². The highest BCUT2D eigenvalue weighted by Gasteiger charge is 2.75. The van der Waals surface area contributed by atoms with Gasteiger partial charge in [0, 0.05) is 23.2 Å². The monoisotopic (exact) mass is 591 g/mol. The van der Waals surface area contributed by atoms with Gasteiger partial charge in [0.2, 0.25) is 11.8 Å². The average Bonchev–Trinajstić information content (AvgIpc) is 3.46. The van der Waals surface area contributed by atoms with Gasteiger partial charge < -0.3 is 15.2 Å². The van der Waals surface area contributed by atoms with E-state index in [0.29, 0.717) is 5.56 Å². The van der Waals surface area contributed by atoms with Gasteiger partial charge in [0.25, 0.3) is 5.91 Å². The van der Waals surface area contributed by atoms with Crippen molar-refractivity contribution in [3.05, 3.63) is 49.9 Å². The van der Waals surface area contributed by atoms with Crippen LogP contribution < -0.4 is 15.0 Å². The number of hydrogen-bond donors (Lipinski definition) is 2. The van der Waals surface area contributed by atoms with Crippen LogP contribution in [-0.4, -0.2) is 53.0 Å². The lowest BCUT2D eigenvalue weighted by Crippen LogP contribution is -2.54. The van der Waals surface area contributed by atoms with Gasteiger partial charge in [0.05, 0.1) is 44.4 Å². The summed E-state index contributed by atoms with van der Waals surface area (Å²) in [7, 11) is 0. The Balaban J connectivity index is 1.52. The molecule has 14 heteroatoms. The Morgan fingerprint density at radius 3 is 2.35 bits per heavy atom. The number of fused-ring (bicyclic) bond motifs is 7. The van der Waals surface area contributed by atoms with E-state index in [9.17, 15) is 28.3 Å². The third-order valence-corrected chi connectivity index (χ3v) is 8.57. The molecule has 3 saturated heterocycles. The third-order valence-electron chi connectivity index (χ3n) is 7.49. The van der Waals surface area contributed by atoms with Crippen molar-refractivity contribution in [2.45, 2.75) is 30.7 Å². The molecule has 0 aliphatic carbocycles. The fourth-order valence-electron chi connectivity index (χ4n) is 6.34. The highest BCUT2D eigenvalue weighted by atomic mass is 35.5. The van der Waals surface area contributed by atoms with Gasteiger partial charge in [-0.2, -0.15) is 8.78 Å². The molecule has 2 aromatic carbocycles. The molecule has 2 aromatic rings. The molecule has 8 nitrogen and oxygen atoms in total. The highest BCUT2D eigenvalue weighted by Crippen LogP contribution is 2.62. The van der Waals surface area contributed by atoms with Crippen molar-refractivity contribution >= 4 is 75.5 Å². The van der Waals surface area contributed by atoms with Gasteiger partial charge in [0.15, 0.2) is 5.75 Å². The number of nitrogens with zero attached hydrogens (tertiary/aromatic N) is 2. The largest absolute Gasteiger partial charge is 0.432 e. The number of carbonyl (C=O) groups is 3. The molecule has 0 aromatic heterocycles. The molecule has 0 saturated carbocycles. The number of benzene rings is 2. The Bertz CT molecular complexity index is 1390. The Kier molecular flexibility index (Phi) is 5.69. The van der Waals surface area contributed by atoms with Crippen molar-refractivity contribution < 1.29 is 33.0 Å². The second kappa shape index (κ2) is 8.39. The van der Waals surface area contributed by atoms with Crippen LogP contribution in [0.4, 0.5) is 20.2 Å². The maximum absolute atomic E-state index is 14.0. The minimum atomic E-state index is -3.20. The van der Waals surface area contributed by atoms with E-state index < -0.39 is 59.6 Å². The molecule has 2 N–H and O–H groups in total. The quantitative estimate of drug-likeness (QED) is 0.516. The molecule has 6 rings (SSSR count). The van der Waals surface area contributed by atoms with E-state index in [2.05, 4.69) is 10.1 Å². The average molecular weight is 593 g/mol. The molecular weight excluding hydrogens is 578 g/mol. The van der Waals surface area contributed by atoms with E-state index >= 15 is 0 Å². The number of aliphatic hydroxyl groups is 1. The number of ether oxygens (including phenoxy) is 1. The smallest absolute Gasteiger partial charge is 0.387 e. The summed E-state index contributed by atoms with van der Waals surface area (Å²) in [5, 5.41) is 13.0. The van der Waals surface area contributed by atoms with Crippen molar-refractivity contribution in [3.63, 3.8) is 0 Å². The van der Waals surface area contributed by atoms with Gasteiger partial charge in [-0.1, -0.05) is 46.4 Å². The van der Waals surface area contributed by atoms with E-state index in [4.69, 9.17) is 46.4 Å². The van der Waals surface area contributed by atoms with Crippen LogP contribution in [0.25, 0.3) is 0 Å². The van der Waals surface area contributed by atoms with Gasteiger partial charge in [-0.3, -0.25) is 19.3 Å². The van der Waals surface area contributed by atoms with E-state index in [-0.39, 0.29) is 44.4 Å². The summed E-state index contributed by atoms with van der Waals surface area (Å²) in [4.78, 5) is 44.1. The first kappa shape index (κ1) is 25.1. The van der Waals surface area contributed by atoms with Gasteiger partial charge in [-0.25, -0.2) is 4.90 Å². The Morgan fingerprint density at radius 1 is 1.03 bits per heavy atom. The summed E-state index contributed by atoms with van der Waals surface area (Å²) in [6.07, 6.45) is -0.698. The number of anilines is 2. The van der Waals surface area contributed by atoms with Crippen LogP contribution in [-0.2, 0) is 19.9 Å². The molecule has 0 bridgehead atoms. The van der Waals surface area contributed by atoms with Crippen LogP contribution in [0.15, 0.2) is 24.3 Å². The summed E-state index contributed by atoms with van der Waals surface area (Å²) >= 11 is 24.8. The first-order chi connectivity index (χ1) is 17.5. The maximum Gasteiger partial charge on any atom is 0.387 e. The fraction of sp³-hybridized carbons (Fsp3) is 0.348. The summed E-state index contributed by atoms with van der Waals surface area (Å²) < 4.78 is 29.9. The molecule has 4 unspecified atom stereocenters. The molecule has 37 heavy (non-hydrogen) atoms. The SMILES string of the molecule is O=C1C2C3C[C@H](O)CN3C3(C(=O)Nc4c(Cl)cc(Cl)cc43)C2C(=O)N1c1cc(Cl)c(OC(F)F)c(Cl)c1. The van der Waals surface area contributed by atoms with Crippen molar-refractivity contribution in [1.29, 1.82) is 0 Å². The van der Waals surface area contributed by atoms with Gasteiger partial charge >= 0.3 is 6.61 Å². The molecule has 5 atom stereocenters. The number of aliphatic hydroxyl groups excluding tert-OH is 1. The van der Waals surface area contributed by atoms with Gasteiger partial charge in [-0.15, -0.1) is 0 Å². The first-order valence-electron chi connectivity index (χ1n) is 11.0. The summed E-state index contributed by atoms with van der Waals surface area (Å²) in [6, 6.07) is 4.56. The second-order valence-corrected chi connectivity index (χ2v) is 10.9. The standard InChI is InChI=1S/C23H15Cl4F2N3O5/c24-7-1-10-17(11(25)2-7)30-21(36)23(10)16-15(14-5-9(33)6-31(14)23)19(34)32(20(16)35)8-3-12(26)18(13(27)4-8)37-22(28)29/h1-4,9,14-16,22,33H,5-6H2,(H,30,36)/t9-,14?,15?,16?,23?/m0/s1. The van der Waals surface area contributed by atoms with Crippen molar-refractivity contribution in [2.75, 3.05) is 16.8 Å². The molecule has 0 radical (unpaired) electrons. The number of nitrogens with one attached hydrogen (secondary N) is 1. The van der Waals surface area contributed by atoms with Crippen molar-refractivity contribution in [3.8, 4) is 5.75 Å². The van der Waals surface area contributed by atoms with Crippen LogP contribution in [0.2, 0.25) is 20.1 Å². The molecular formula is C23H15Cl4F2N3O5. The Labute approximate surface area is 227 Å². The topological polar surface area (TPSA) is 99.2 Å². The number of imide groups is 1. The van der Waals surface area contributed by atoms with E-state index in [1.54, 1.807) is 4.90 Å². The highest BCUT2D eigenvalue weighted by molar-refractivity contribution is 6.39. The third kappa shape index (κ3) is 3.30. The number of amides is 3. The van der Waals surface area contributed by atoms with Crippen LogP contribution in [0.1, 0.15) is 12.0 Å². The predicted octanol–water partition coefficient (Wildman–Crippen LogP) is 4.30. The predicted molar refractivity (Wildman–Crippen MR) is 130 cm³/mol. The van der Waals surface area contributed by atoms with E-state index in [0.717, 1.165) is 17.0 Å². The number of alkyl halides is 2. The number of carbonyl (C=O) groups excluding carboxylic acids is 3. The lowest BCUT2D eigenvalue weighted by atomic mass is 9.75. The normalized spacial score (nSPS) is 30.4. The van der Waals surface area contributed by atoms with Gasteiger partial charge in [0.1, 0.15) is 5.54 Å². The van der Waals surface area contributed by atoms with Crippen molar-refractivity contribution in [2.24, 2.45) is 11.8 Å². The lowest BCUT2D eigenvalue weighted by molar-refractivity contribution is -0.135. The zero-order chi connectivity index (χ0) is 26.5. The maximum atomic E-state index is 14.0. The molecule has 4 aliphatic heterocycles. The lowest BCUT2D eigenvalue weighted by Gasteiger charge is -2.36. The first-order valence-corrected chi connectivity index (χ1v) is 12.6. The number of rotatable bonds is 3. The van der Waals surface area contributed by atoms with Crippen LogP contribution in [0.5, 0.6) is 5.75 Å². The van der Waals surface area contributed by atoms with Crippen molar-refractivity contribution in [1.82, 2.24) is 4.90 Å². The summed E-state index contributed by atoms with van der Waals surface area (Å²) in [6.45, 7) is -3.15. The summed E-state index contributed by atoms with van der Waals surface area (Å²) in [5.74, 6) is -4.63. The fourth-order valence-corrected chi connectivity index (χ4v) is 7.45. The number of halogens is 6. The van der Waals surface area contributed by atoms with Crippen LogP contribution >= 0.6 is 46.4 Å². The minimum absolute atomic E-state index is 0.0482. The Hall–Kier alpha value is -2.21. The zero-order valence-electron chi connectivity index (χ0n) is 18.4. The zero-order valence-corrected chi connectivity index (χ0v) is 21.4. The molecule has 1 spiro atoms. The Morgan fingerprint density at radius 2 is 1.70 bits per heavy atom. The van der Waals surface area contributed by atoms with Gasteiger partial charge in [-0.05, 0) is 30.7 Å². The number of hydrogen-bond acceptors (Lipinski definition) is 6. The van der Waals surface area contributed by atoms with Crippen LogP contribution in [0.3, 0.4) is 0 Å². The molecule has 194 valence electrons. The molecule has 4 heterocycles. The molecule has 4 aliphatic rings.